The van der Waals surface area contributed by atoms with Gasteiger partial charge < -0.3 is 39.4 Å². The molecule has 0 spiro atoms. The first-order chi connectivity index (χ1) is 52.0. The lowest BCUT2D eigenvalue weighted by atomic mass is 9.65. The predicted molar refractivity (Wildman–Crippen MR) is 448 cm³/mol. The molecule has 4 N–H and O–H groups in total. The number of rotatable bonds is 0. The van der Waals surface area contributed by atoms with Crippen molar-refractivity contribution in [3.05, 3.63) is 235 Å². The Hall–Kier alpha value is -9.16. The van der Waals surface area contributed by atoms with E-state index in [4.69, 9.17) is 18.9 Å². The van der Waals surface area contributed by atoms with Crippen LogP contribution in [-0.4, -0.2) is 44.3 Å². The van der Waals surface area contributed by atoms with Gasteiger partial charge in [-0.15, -0.1) is 0 Å². The van der Waals surface area contributed by atoms with Gasteiger partial charge in [0.05, 0.1) is 0 Å². The van der Waals surface area contributed by atoms with Gasteiger partial charge in [-0.1, -0.05) is 312 Å². The zero-order chi connectivity index (χ0) is 82.2. The Kier molecular flexibility index (Phi) is 23.2. The fourth-order valence-electron chi connectivity index (χ4n) is 19.3. The molecule has 0 radical (unpaired) electrons. The highest BCUT2D eigenvalue weighted by atomic mass is 16.5. The first-order valence-electron chi connectivity index (χ1n) is 40.6. The topological polar surface area (TPSA) is 186 Å². The first-order valence-corrected chi connectivity index (χ1v) is 40.6. The Morgan fingerprint density at radius 2 is 0.312 bits per heavy atom. The van der Waals surface area contributed by atoms with Crippen LogP contribution in [0.2, 0.25) is 0 Å². The number of carbonyl (C=O) groups excluding carboxylic acids is 4. The fourth-order valence-corrected chi connectivity index (χ4v) is 19.3. The van der Waals surface area contributed by atoms with Gasteiger partial charge in [-0.25, -0.2) is 0 Å². The molecule has 596 valence electrons. The van der Waals surface area contributed by atoms with Crippen LogP contribution >= 0.6 is 0 Å². The number of benzene rings is 8. The van der Waals surface area contributed by atoms with Gasteiger partial charge in [-0.05, 0) is 69.0 Å². The molecule has 12 heteroatoms. The van der Waals surface area contributed by atoms with Crippen LogP contribution in [0.25, 0.3) is 0 Å². The van der Waals surface area contributed by atoms with Crippen LogP contribution in [0, 0.1) is 43.3 Å². The van der Waals surface area contributed by atoms with Crippen molar-refractivity contribution in [3.63, 3.8) is 0 Å². The number of aromatic hydroxyl groups is 4. The Bertz CT molecular complexity index is 4570. The summed E-state index contributed by atoms with van der Waals surface area (Å²) in [5.74, 6) is -6.53. The van der Waals surface area contributed by atoms with Crippen LogP contribution < -0.4 is 18.9 Å². The van der Waals surface area contributed by atoms with Crippen molar-refractivity contribution in [2.75, 3.05) is 0 Å². The number of para-hydroxylation sites is 8. The van der Waals surface area contributed by atoms with E-state index in [2.05, 4.69) is 166 Å². The molecule has 4 heterocycles. The standard InChI is InChI=1S/C100H124O12/c1-93(2,3)77-57-37-29-38-58(85(57)105)78(94(4,5)6)60-40-31-42-62(87(60)107)80(96(10,11)12)66-46-34-50-70-84(100(22,23)24)72-52-36-48-68-82(98(16,17)18)64-44-32-43-63(88(64)108)81(97(13,14)15)67-47-35-51-71(91(67)111-75(103)56-28-26-54-74(102)110-90(66)70)83(99(19,20)21)69-49-33-45-65(79(95(7,8)9)61-41-30-39-59(77)86(61)106)89(69)109-73(101)53-25-27-55-76(104)112-92(68)72/h29-52,77-84,105-108H,25-28,53-56H2,1-24H3. The molecule has 12 nitrogen and oxygen atoms in total. The third kappa shape index (κ3) is 16.8. The molecule has 0 fully saturated rings. The van der Waals surface area contributed by atoms with E-state index in [0.717, 1.165) is 0 Å². The maximum atomic E-state index is 15.6. The number of phenols is 4. The molecule has 8 aromatic carbocycles. The number of fused-ring (bicyclic) bond motifs is 14. The summed E-state index contributed by atoms with van der Waals surface area (Å²) >= 11 is 0. The normalized spacial score (nSPS) is 21.1. The lowest BCUT2D eigenvalue weighted by Gasteiger charge is -2.40. The van der Waals surface area contributed by atoms with Gasteiger partial charge in [-0.2, -0.15) is 0 Å². The summed E-state index contributed by atoms with van der Waals surface area (Å²) in [6.07, 6.45) is 0.547. The second-order valence-electron chi connectivity index (χ2n) is 40.9. The molecule has 112 heavy (non-hydrogen) atoms. The molecular formula is C100H124O12. The van der Waals surface area contributed by atoms with Crippen LogP contribution in [0.1, 0.15) is 354 Å². The van der Waals surface area contributed by atoms with Crippen LogP contribution in [0.3, 0.4) is 0 Å². The maximum absolute atomic E-state index is 15.6. The predicted octanol–water partition coefficient (Wildman–Crippen LogP) is 25.0. The molecule has 4 aliphatic heterocycles. The number of hydrogen-bond donors (Lipinski definition) is 4. The number of carbonyl (C=O) groups is 4. The first kappa shape index (κ1) is 83.8. The van der Waals surface area contributed by atoms with Gasteiger partial charge in [0.15, 0.2) is 0 Å². The van der Waals surface area contributed by atoms with E-state index in [9.17, 15) is 20.4 Å². The molecule has 0 saturated carbocycles. The minimum absolute atomic E-state index is 0.00542. The van der Waals surface area contributed by atoms with E-state index in [1.807, 2.05) is 146 Å². The Morgan fingerprint density at radius 3 is 0.438 bits per heavy atom. The summed E-state index contributed by atoms with van der Waals surface area (Å²) in [6, 6.07) is 47.1. The largest absolute Gasteiger partial charge is 0.507 e. The van der Waals surface area contributed by atoms with E-state index in [1.54, 1.807) is 0 Å². The molecule has 8 atom stereocenters. The molecular weight excluding hydrogens is 1390 g/mol. The Morgan fingerprint density at radius 1 is 0.205 bits per heavy atom. The Balaban J connectivity index is 1.38. The smallest absolute Gasteiger partial charge is 0.311 e. The van der Waals surface area contributed by atoms with E-state index in [1.165, 1.54) is 0 Å². The second-order valence-corrected chi connectivity index (χ2v) is 40.9. The van der Waals surface area contributed by atoms with Gasteiger partial charge in [0.25, 0.3) is 0 Å². The van der Waals surface area contributed by atoms with Gasteiger partial charge in [-0.3, -0.25) is 19.2 Å². The van der Waals surface area contributed by atoms with Crippen LogP contribution in [0.4, 0.5) is 0 Å². The molecule has 8 unspecified atom stereocenters. The van der Waals surface area contributed by atoms with E-state index >= 15 is 19.2 Å². The van der Waals surface area contributed by atoms with E-state index in [-0.39, 0.29) is 97.4 Å². The van der Waals surface area contributed by atoms with Crippen LogP contribution in [-0.2, 0) is 19.2 Å². The summed E-state index contributed by atoms with van der Waals surface area (Å²) in [6.45, 7) is 50.7. The summed E-state index contributed by atoms with van der Waals surface area (Å²) in [5, 5.41) is 55.1. The van der Waals surface area contributed by atoms with Crippen LogP contribution in [0.5, 0.6) is 46.0 Å². The van der Waals surface area contributed by atoms with Crippen molar-refractivity contribution in [3.8, 4) is 46.0 Å². The lowest BCUT2D eigenvalue weighted by Crippen LogP contribution is -2.27. The third-order valence-electron chi connectivity index (χ3n) is 23.5. The highest BCUT2D eigenvalue weighted by Crippen LogP contribution is 2.62. The quantitative estimate of drug-likeness (QED) is 0.0833. The fraction of sp³-hybridized carbons (Fsp3) is 0.480. The van der Waals surface area contributed by atoms with Crippen molar-refractivity contribution in [2.45, 2.75) is 265 Å². The zero-order valence-corrected chi connectivity index (χ0v) is 71.2. The minimum Gasteiger partial charge on any atom is -0.507 e. The third-order valence-corrected chi connectivity index (χ3v) is 23.5. The van der Waals surface area contributed by atoms with Crippen molar-refractivity contribution < 1.29 is 58.6 Å². The molecule has 0 aromatic heterocycles. The number of esters is 4. The molecule has 20 bridgehead atoms. The SMILES string of the molecule is CC(C)(C)C1c2cccc(c2O)C(C(C)(C)C)c2cccc(c2O)C(C(C)(C)C)c2cccc3c2OC(=O)CCCCC(=O)Oc2c4cccc2C(C(C)(C)C)c2cccc(c2OC(=O)CCCCC(=O)Oc2c(cccc2C3C(C)(C)C)C(C(C)(C)C)c2cccc(c2O)C4C(C)(C)C)C(C(C)(C)C)c2cccc1c2O. The summed E-state index contributed by atoms with van der Waals surface area (Å²) < 4.78 is 28.5. The van der Waals surface area contributed by atoms with Crippen molar-refractivity contribution in [1.29, 1.82) is 0 Å². The van der Waals surface area contributed by atoms with E-state index in [0.29, 0.717) is 89.0 Å². The van der Waals surface area contributed by atoms with Crippen molar-refractivity contribution >= 4 is 23.9 Å². The van der Waals surface area contributed by atoms with Gasteiger partial charge in [0, 0.05) is 162 Å². The van der Waals surface area contributed by atoms with E-state index < -0.39 is 115 Å². The highest BCUT2D eigenvalue weighted by molar-refractivity contribution is 5.79. The average molecular weight is 1520 g/mol. The monoisotopic (exact) mass is 1520 g/mol. The molecule has 12 rings (SSSR count). The van der Waals surface area contributed by atoms with Gasteiger partial charge in [0.1, 0.15) is 46.0 Å². The van der Waals surface area contributed by atoms with Gasteiger partial charge >= 0.3 is 23.9 Å². The zero-order valence-electron chi connectivity index (χ0n) is 71.2. The Labute approximate surface area is 667 Å². The molecule has 0 amide bonds. The highest BCUT2D eigenvalue weighted by Gasteiger charge is 2.47. The molecule has 4 aliphatic rings. The summed E-state index contributed by atoms with van der Waals surface area (Å²) in [7, 11) is 0. The molecule has 0 saturated heterocycles. The molecule has 8 aromatic rings. The number of phenolic OH excluding ortho intramolecular Hbond substituents is 4. The number of hydrogen-bond acceptors (Lipinski definition) is 12. The van der Waals surface area contributed by atoms with Gasteiger partial charge in [0.2, 0.25) is 0 Å². The number of ether oxygens (including phenoxy) is 4. The average Bonchev–Trinajstić information content (AvgIpc) is 0.766. The minimum atomic E-state index is -0.759. The summed E-state index contributed by atoms with van der Waals surface area (Å²) in [4.78, 5) is 62.2. The second kappa shape index (κ2) is 31.0. The maximum Gasteiger partial charge on any atom is 0.311 e. The van der Waals surface area contributed by atoms with Crippen molar-refractivity contribution in [1.82, 2.24) is 0 Å². The summed E-state index contributed by atoms with van der Waals surface area (Å²) in [5.41, 5.74) is 3.74. The van der Waals surface area contributed by atoms with Crippen LogP contribution in [0.15, 0.2) is 146 Å². The lowest BCUT2D eigenvalue weighted by molar-refractivity contribution is -0.136. The molecule has 0 aliphatic carbocycles. The van der Waals surface area contributed by atoms with Crippen molar-refractivity contribution in [2.24, 2.45) is 43.3 Å².